The van der Waals surface area contributed by atoms with Gasteiger partial charge in [-0.2, -0.15) is 0 Å². The predicted octanol–water partition coefficient (Wildman–Crippen LogP) is 1.66. The van der Waals surface area contributed by atoms with Gasteiger partial charge in [-0.15, -0.1) is 0 Å². The highest BCUT2D eigenvalue weighted by atomic mass is 16.5. The molecular weight excluding hydrogens is 190 g/mol. The first-order valence-corrected chi connectivity index (χ1v) is 5.27. The van der Waals surface area contributed by atoms with E-state index in [2.05, 4.69) is 24.4 Å². The van der Waals surface area contributed by atoms with Gasteiger partial charge >= 0.3 is 0 Å². The van der Waals surface area contributed by atoms with Gasteiger partial charge in [0.25, 0.3) is 0 Å². The van der Waals surface area contributed by atoms with Gasteiger partial charge in [0, 0.05) is 6.54 Å². The number of morpholine rings is 1. The lowest BCUT2D eigenvalue weighted by molar-refractivity contribution is 0.0768. The largest absolute Gasteiger partial charge is 0.496 e. The standard InChI is InChI=1S/C12H17NO2/c1-9-7-10(3-4-12(9)14-2)11-8-15-6-5-13-11/h3-4,7,11,13H,5-6,8H2,1-2H3/t11-/m0/s1. The first kappa shape index (κ1) is 10.5. The van der Waals surface area contributed by atoms with Crippen LogP contribution in [0, 0.1) is 6.92 Å². The van der Waals surface area contributed by atoms with Gasteiger partial charge in [0.1, 0.15) is 5.75 Å². The molecule has 0 aromatic heterocycles. The maximum atomic E-state index is 5.44. The van der Waals surface area contributed by atoms with Crippen molar-refractivity contribution >= 4 is 0 Å². The molecule has 0 bridgehead atoms. The Morgan fingerprint density at radius 1 is 1.47 bits per heavy atom. The molecular formula is C12H17NO2. The van der Waals surface area contributed by atoms with E-state index in [9.17, 15) is 0 Å². The number of aryl methyl sites for hydroxylation is 1. The van der Waals surface area contributed by atoms with Crippen molar-refractivity contribution in [2.45, 2.75) is 13.0 Å². The van der Waals surface area contributed by atoms with Gasteiger partial charge < -0.3 is 14.8 Å². The van der Waals surface area contributed by atoms with Crippen LogP contribution in [-0.4, -0.2) is 26.9 Å². The molecule has 3 heteroatoms. The minimum Gasteiger partial charge on any atom is -0.496 e. The summed E-state index contributed by atoms with van der Waals surface area (Å²) >= 11 is 0. The summed E-state index contributed by atoms with van der Waals surface area (Å²) in [5, 5.41) is 3.43. The number of hydrogen-bond donors (Lipinski definition) is 1. The van der Waals surface area contributed by atoms with Crippen molar-refractivity contribution in [3.63, 3.8) is 0 Å². The second-order valence-corrected chi connectivity index (χ2v) is 3.81. The van der Waals surface area contributed by atoms with Gasteiger partial charge in [-0.1, -0.05) is 12.1 Å². The van der Waals surface area contributed by atoms with Gasteiger partial charge in [0.2, 0.25) is 0 Å². The smallest absolute Gasteiger partial charge is 0.121 e. The zero-order chi connectivity index (χ0) is 10.7. The lowest BCUT2D eigenvalue weighted by atomic mass is 10.0. The average molecular weight is 207 g/mol. The fourth-order valence-electron chi connectivity index (χ4n) is 1.90. The van der Waals surface area contributed by atoms with E-state index in [0.29, 0.717) is 6.04 Å². The summed E-state index contributed by atoms with van der Waals surface area (Å²) in [6, 6.07) is 6.59. The molecule has 1 fully saturated rings. The van der Waals surface area contributed by atoms with E-state index in [1.807, 2.05) is 6.07 Å². The van der Waals surface area contributed by atoms with Crippen LogP contribution in [0.25, 0.3) is 0 Å². The van der Waals surface area contributed by atoms with E-state index >= 15 is 0 Å². The van der Waals surface area contributed by atoms with E-state index in [1.165, 1.54) is 11.1 Å². The van der Waals surface area contributed by atoms with E-state index in [0.717, 1.165) is 25.5 Å². The summed E-state index contributed by atoms with van der Waals surface area (Å²) in [5.74, 6) is 0.940. The fourth-order valence-corrected chi connectivity index (χ4v) is 1.90. The molecule has 1 aliphatic heterocycles. The first-order valence-electron chi connectivity index (χ1n) is 5.27. The molecule has 2 rings (SSSR count). The number of benzene rings is 1. The van der Waals surface area contributed by atoms with E-state index in [-0.39, 0.29) is 0 Å². The molecule has 1 N–H and O–H groups in total. The molecule has 1 aromatic carbocycles. The van der Waals surface area contributed by atoms with Crippen molar-refractivity contribution in [1.29, 1.82) is 0 Å². The topological polar surface area (TPSA) is 30.5 Å². The van der Waals surface area contributed by atoms with Crippen LogP contribution in [0.5, 0.6) is 5.75 Å². The highest BCUT2D eigenvalue weighted by molar-refractivity contribution is 5.37. The minimum atomic E-state index is 0.323. The Labute approximate surface area is 90.4 Å². The van der Waals surface area contributed by atoms with Gasteiger partial charge in [-0.3, -0.25) is 0 Å². The van der Waals surface area contributed by atoms with Crippen LogP contribution in [0.3, 0.4) is 0 Å². The monoisotopic (exact) mass is 207 g/mol. The number of ether oxygens (including phenoxy) is 2. The Bertz CT molecular complexity index is 332. The summed E-state index contributed by atoms with van der Waals surface area (Å²) in [6.45, 7) is 4.55. The van der Waals surface area contributed by atoms with Crippen LogP contribution in [-0.2, 0) is 4.74 Å². The van der Waals surface area contributed by atoms with E-state index in [1.54, 1.807) is 7.11 Å². The highest BCUT2D eigenvalue weighted by Gasteiger charge is 2.15. The second-order valence-electron chi connectivity index (χ2n) is 3.81. The van der Waals surface area contributed by atoms with Crippen molar-refractivity contribution in [2.75, 3.05) is 26.9 Å². The van der Waals surface area contributed by atoms with Crippen molar-refractivity contribution in [3.8, 4) is 5.75 Å². The lowest BCUT2D eigenvalue weighted by Gasteiger charge is -2.24. The lowest BCUT2D eigenvalue weighted by Crippen LogP contribution is -2.34. The van der Waals surface area contributed by atoms with Crippen LogP contribution in [0.1, 0.15) is 17.2 Å². The van der Waals surface area contributed by atoms with Gasteiger partial charge in [0.15, 0.2) is 0 Å². The number of hydrogen-bond acceptors (Lipinski definition) is 3. The maximum Gasteiger partial charge on any atom is 0.121 e. The van der Waals surface area contributed by atoms with E-state index in [4.69, 9.17) is 9.47 Å². The molecule has 82 valence electrons. The highest BCUT2D eigenvalue weighted by Crippen LogP contribution is 2.23. The van der Waals surface area contributed by atoms with Crippen molar-refractivity contribution in [2.24, 2.45) is 0 Å². The maximum absolute atomic E-state index is 5.44. The first-order chi connectivity index (χ1) is 7.31. The van der Waals surface area contributed by atoms with Gasteiger partial charge in [0.05, 0.1) is 26.4 Å². The summed E-state index contributed by atoms with van der Waals surface area (Å²) in [6.07, 6.45) is 0. The molecule has 0 aliphatic carbocycles. The molecule has 1 aliphatic rings. The molecule has 15 heavy (non-hydrogen) atoms. The summed E-state index contributed by atoms with van der Waals surface area (Å²) in [5.41, 5.74) is 2.44. The van der Waals surface area contributed by atoms with Crippen molar-refractivity contribution in [1.82, 2.24) is 5.32 Å². The number of methoxy groups -OCH3 is 1. The Balaban J connectivity index is 2.17. The summed E-state index contributed by atoms with van der Waals surface area (Å²) in [4.78, 5) is 0. The third kappa shape index (κ3) is 2.30. The van der Waals surface area contributed by atoms with Gasteiger partial charge in [-0.05, 0) is 24.1 Å². The molecule has 1 heterocycles. The fraction of sp³-hybridized carbons (Fsp3) is 0.500. The third-order valence-electron chi connectivity index (χ3n) is 2.74. The minimum absolute atomic E-state index is 0.323. The Morgan fingerprint density at radius 3 is 2.93 bits per heavy atom. The molecule has 0 amide bonds. The summed E-state index contributed by atoms with van der Waals surface area (Å²) < 4.78 is 10.7. The van der Waals surface area contributed by atoms with Crippen molar-refractivity contribution in [3.05, 3.63) is 29.3 Å². The average Bonchev–Trinajstić information content (AvgIpc) is 2.30. The SMILES string of the molecule is COc1ccc([C@@H]2COCCN2)cc1C. The predicted molar refractivity (Wildman–Crippen MR) is 59.3 cm³/mol. The molecule has 0 radical (unpaired) electrons. The van der Waals surface area contributed by atoms with Crippen LogP contribution in [0.15, 0.2) is 18.2 Å². The van der Waals surface area contributed by atoms with Crippen LogP contribution in [0.2, 0.25) is 0 Å². The zero-order valence-corrected chi connectivity index (χ0v) is 9.25. The molecule has 3 nitrogen and oxygen atoms in total. The number of nitrogens with one attached hydrogen (secondary N) is 1. The zero-order valence-electron chi connectivity index (χ0n) is 9.25. The Morgan fingerprint density at radius 2 is 2.33 bits per heavy atom. The third-order valence-corrected chi connectivity index (χ3v) is 2.74. The molecule has 0 unspecified atom stereocenters. The van der Waals surface area contributed by atoms with E-state index < -0.39 is 0 Å². The van der Waals surface area contributed by atoms with Crippen LogP contribution >= 0.6 is 0 Å². The summed E-state index contributed by atoms with van der Waals surface area (Å²) in [7, 11) is 1.70. The number of rotatable bonds is 2. The molecule has 1 atom stereocenters. The van der Waals surface area contributed by atoms with Gasteiger partial charge in [-0.25, -0.2) is 0 Å². The molecule has 0 saturated carbocycles. The molecule has 0 spiro atoms. The Kier molecular flexibility index (Phi) is 3.23. The van der Waals surface area contributed by atoms with Crippen molar-refractivity contribution < 1.29 is 9.47 Å². The second kappa shape index (κ2) is 4.64. The van der Waals surface area contributed by atoms with Crippen LogP contribution in [0.4, 0.5) is 0 Å². The van der Waals surface area contributed by atoms with Crippen LogP contribution < -0.4 is 10.1 Å². The quantitative estimate of drug-likeness (QED) is 0.800. The Hall–Kier alpha value is -1.06. The molecule has 1 saturated heterocycles. The molecule has 1 aromatic rings. The normalized spacial score (nSPS) is 21.3.